The van der Waals surface area contributed by atoms with Gasteiger partial charge in [-0.25, -0.2) is 4.98 Å². The summed E-state index contributed by atoms with van der Waals surface area (Å²) < 4.78 is 0.618. The topological polar surface area (TPSA) is 66.1 Å². The van der Waals surface area contributed by atoms with Crippen LogP contribution in [0.15, 0.2) is 22.3 Å². The minimum absolute atomic E-state index is 0.0323. The van der Waals surface area contributed by atoms with Gasteiger partial charge in [-0.2, -0.15) is 0 Å². The van der Waals surface area contributed by atoms with Gasteiger partial charge in [0.2, 0.25) is 0 Å². The standard InChI is InChI=1S/C18H21N3O2S2/c1-4-6-13-11(5-2)9-14(25-13)18(23)21(3)10-15-19-12-7-8-24-16(12)17(22)20-15/h7-9H,4-6,10H2,1-3H3,(H,19,20,22). The van der Waals surface area contributed by atoms with Crippen molar-refractivity contribution in [3.8, 4) is 0 Å². The predicted molar refractivity (Wildman–Crippen MR) is 104 cm³/mol. The molecule has 0 radical (unpaired) electrons. The Morgan fingerprint density at radius 1 is 1.36 bits per heavy atom. The van der Waals surface area contributed by atoms with Gasteiger partial charge in [-0.05, 0) is 35.9 Å². The Balaban J connectivity index is 1.81. The van der Waals surface area contributed by atoms with Crippen LogP contribution in [0.5, 0.6) is 0 Å². The fraction of sp³-hybridized carbons (Fsp3) is 0.389. The maximum absolute atomic E-state index is 12.8. The maximum Gasteiger partial charge on any atom is 0.268 e. The van der Waals surface area contributed by atoms with Crippen LogP contribution >= 0.6 is 22.7 Å². The smallest absolute Gasteiger partial charge is 0.268 e. The quantitative estimate of drug-likeness (QED) is 0.712. The highest BCUT2D eigenvalue weighted by molar-refractivity contribution is 7.17. The number of aromatic nitrogens is 2. The van der Waals surface area contributed by atoms with Gasteiger partial charge in [0.25, 0.3) is 11.5 Å². The summed E-state index contributed by atoms with van der Waals surface area (Å²) in [6, 6.07) is 3.83. The van der Waals surface area contributed by atoms with Crippen LogP contribution in [0.3, 0.4) is 0 Å². The van der Waals surface area contributed by atoms with E-state index in [0.717, 1.165) is 24.1 Å². The first kappa shape index (κ1) is 17.8. The highest BCUT2D eigenvalue weighted by atomic mass is 32.1. The third-order valence-electron chi connectivity index (χ3n) is 4.06. The molecule has 3 rings (SSSR count). The van der Waals surface area contributed by atoms with Gasteiger partial charge in [0.15, 0.2) is 0 Å². The molecule has 132 valence electrons. The fourth-order valence-electron chi connectivity index (χ4n) is 2.79. The lowest BCUT2D eigenvalue weighted by molar-refractivity contribution is 0.0786. The summed E-state index contributed by atoms with van der Waals surface area (Å²) in [5.74, 6) is 0.475. The van der Waals surface area contributed by atoms with E-state index in [9.17, 15) is 9.59 Å². The van der Waals surface area contributed by atoms with E-state index < -0.39 is 0 Å². The molecular formula is C18H21N3O2S2. The first-order valence-electron chi connectivity index (χ1n) is 8.36. The van der Waals surface area contributed by atoms with Crippen molar-refractivity contribution in [2.75, 3.05) is 7.05 Å². The normalized spacial score (nSPS) is 11.2. The number of H-pyrrole nitrogens is 1. The zero-order valence-corrected chi connectivity index (χ0v) is 16.2. The lowest BCUT2D eigenvalue weighted by atomic mass is 10.1. The van der Waals surface area contributed by atoms with E-state index in [1.807, 2.05) is 17.5 Å². The van der Waals surface area contributed by atoms with Crippen molar-refractivity contribution in [2.45, 2.75) is 39.7 Å². The second-order valence-corrected chi connectivity index (χ2v) is 8.02. The molecule has 1 amide bonds. The van der Waals surface area contributed by atoms with Crippen LogP contribution in [0, 0.1) is 0 Å². The monoisotopic (exact) mass is 375 g/mol. The van der Waals surface area contributed by atoms with E-state index in [4.69, 9.17) is 0 Å². The molecule has 0 fully saturated rings. The fourth-order valence-corrected chi connectivity index (χ4v) is 4.87. The number of thiophene rings is 2. The van der Waals surface area contributed by atoms with E-state index in [-0.39, 0.29) is 18.0 Å². The van der Waals surface area contributed by atoms with Crippen molar-refractivity contribution in [3.05, 3.63) is 49.0 Å². The zero-order valence-electron chi connectivity index (χ0n) is 14.6. The van der Waals surface area contributed by atoms with Crippen molar-refractivity contribution >= 4 is 38.8 Å². The third-order valence-corrected chi connectivity index (χ3v) is 6.19. The largest absolute Gasteiger partial charge is 0.334 e. The lowest BCUT2D eigenvalue weighted by Gasteiger charge is -2.15. The first-order valence-corrected chi connectivity index (χ1v) is 10.1. The van der Waals surface area contributed by atoms with E-state index in [1.54, 1.807) is 23.3 Å². The number of aryl methyl sites for hydroxylation is 2. The Kier molecular flexibility index (Phi) is 5.34. The van der Waals surface area contributed by atoms with Gasteiger partial charge < -0.3 is 9.88 Å². The third kappa shape index (κ3) is 3.67. The average molecular weight is 376 g/mol. The van der Waals surface area contributed by atoms with Crippen molar-refractivity contribution in [1.29, 1.82) is 0 Å². The molecule has 0 aromatic carbocycles. The predicted octanol–water partition coefficient (Wildman–Crippen LogP) is 3.83. The molecule has 0 atom stereocenters. The molecule has 7 heteroatoms. The minimum atomic E-state index is -0.148. The second-order valence-electron chi connectivity index (χ2n) is 5.97. The molecule has 0 aliphatic heterocycles. The number of nitrogens with one attached hydrogen (secondary N) is 1. The van der Waals surface area contributed by atoms with Gasteiger partial charge in [0.1, 0.15) is 10.5 Å². The highest BCUT2D eigenvalue weighted by Gasteiger charge is 2.18. The van der Waals surface area contributed by atoms with Crippen molar-refractivity contribution < 1.29 is 4.79 Å². The maximum atomic E-state index is 12.8. The van der Waals surface area contributed by atoms with Gasteiger partial charge in [-0.15, -0.1) is 22.7 Å². The number of amides is 1. The van der Waals surface area contributed by atoms with Crippen molar-refractivity contribution in [2.24, 2.45) is 0 Å². The number of hydrogen-bond donors (Lipinski definition) is 1. The van der Waals surface area contributed by atoms with Crippen LogP contribution in [0.4, 0.5) is 0 Å². The number of carbonyl (C=O) groups excluding carboxylic acids is 1. The van der Waals surface area contributed by atoms with Crippen LogP contribution in [-0.4, -0.2) is 27.8 Å². The average Bonchev–Trinajstić information content (AvgIpc) is 3.21. The van der Waals surface area contributed by atoms with Gasteiger partial charge in [-0.3, -0.25) is 9.59 Å². The van der Waals surface area contributed by atoms with Gasteiger partial charge in [-0.1, -0.05) is 20.3 Å². The van der Waals surface area contributed by atoms with Gasteiger partial charge >= 0.3 is 0 Å². The Morgan fingerprint density at radius 2 is 2.16 bits per heavy atom. The molecule has 0 aliphatic carbocycles. The molecule has 0 unspecified atom stereocenters. The minimum Gasteiger partial charge on any atom is -0.334 e. The van der Waals surface area contributed by atoms with E-state index >= 15 is 0 Å². The number of hydrogen-bond acceptors (Lipinski definition) is 5. The number of fused-ring (bicyclic) bond motifs is 1. The zero-order chi connectivity index (χ0) is 18.0. The molecule has 0 aliphatic rings. The van der Waals surface area contributed by atoms with Crippen LogP contribution in [0.1, 0.15) is 46.2 Å². The molecule has 5 nitrogen and oxygen atoms in total. The van der Waals surface area contributed by atoms with E-state index in [2.05, 4.69) is 23.8 Å². The molecule has 3 aromatic rings. The lowest BCUT2D eigenvalue weighted by Crippen LogP contribution is -2.27. The number of rotatable bonds is 6. The van der Waals surface area contributed by atoms with E-state index in [0.29, 0.717) is 16.0 Å². The molecule has 3 heterocycles. The van der Waals surface area contributed by atoms with Gasteiger partial charge in [0, 0.05) is 11.9 Å². The van der Waals surface area contributed by atoms with E-state index in [1.165, 1.54) is 21.8 Å². The van der Waals surface area contributed by atoms with Crippen molar-refractivity contribution in [3.63, 3.8) is 0 Å². The van der Waals surface area contributed by atoms with Crippen LogP contribution in [-0.2, 0) is 19.4 Å². The Bertz CT molecular complexity index is 955. The summed E-state index contributed by atoms with van der Waals surface area (Å²) in [6.45, 7) is 4.54. The summed E-state index contributed by atoms with van der Waals surface area (Å²) in [5.41, 5.74) is 1.79. The van der Waals surface area contributed by atoms with Crippen LogP contribution < -0.4 is 5.56 Å². The first-order chi connectivity index (χ1) is 12.0. The van der Waals surface area contributed by atoms with Crippen LogP contribution in [0.25, 0.3) is 10.2 Å². The van der Waals surface area contributed by atoms with Gasteiger partial charge in [0.05, 0.1) is 16.9 Å². The SMILES string of the molecule is CCCc1sc(C(=O)N(C)Cc2nc3ccsc3c(=O)[nH]2)cc1CC. The summed E-state index contributed by atoms with van der Waals surface area (Å²) in [6.07, 6.45) is 3.02. The number of aromatic amines is 1. The summed E-state index contributed by atoms with van der Waals surface area (Å²) in [4.78, 5) is 35.7. The Hall–Kier alpha value is -1.99. The summed E-state index contributed by atoms with van der Waals surface area (Å²) in [7, 11) is 1.74. The summed E-state index contributed by atoms with van der Waals surface area (Å²) in [5, 5.41) is 1.85. The molecular weight excluding hydrogens is 354 g/mol. The molecule has 25 heavy (non-hydrogen) atoms. The number of nitrogens with zero attached hydrogens (tertiary/aromatic N) is 2. The molecule has 0 saturated carbocycles. The number of carbonyl (C=O) groups is 1. The van der Waals surface area contributed by atoms with Crippen LogP contribution in [0.2, 0.25) is 0 Å². The molecule has 0 bridgehead atoms. The highest BCUT2D eigenvalue weighted by Crippen LogP contribution is 2.26. The molecule has 1 N–H and O–H groups in total. The molecule has 3 aromatic heterocycles. The summed E-state index contributed by atoms with van der Waals surface area (Å²) >= 11 is 2.95. The Labute approximate surface area is 154 Å². The van der Waals surface area contributed by atoms with Crippen molar-refractivity contribution in [1.82, 2.24) is 14.9 Å². The molecule has 0 saturated heterocycles. The Morgan fingerprint density at radius 3 is 2.88 bits per heavy atom. The second kappa shape index (κ2) is 7.49. The molecule has 0 spiro atoms.